The van der Waals surface area contributed by atoms with E-state index in [0.29, 0.717) is 19.4 Å². The summed E-state index contributed by atoms with van der Waals surface area (Å²) < 4.78 is 0. The molecule has 0 fully saturated rings. The number of carbonyl (C=O) groups excluding carboxylic acids is 1. The Bertz CT molecular complexity index is 72.8. The highest BCUT2D eigenvalue weighted by molar-refractivity contribution is 5.75. The summed E-state index contributed by atoms with van der Waals surface area (Å²) >= 11 is 0. The Morgan fingerprint density at radius 3 is 2.75 bits per heavy atom. The molecule has 0 saturated carbocycles. The van der Waals surface area contributed by atoms with Gasteiger partial charge in [-0.2, -0.15) is 0 Å². The normalized spacial score (nSPS) is 9.25. The van der Waals surface area contributed by atoms with Gasteiger partial charge >= 0.3 is 0 Å². The van der Waals surface area contributed by atoms with Crippen molar-refractivity contribution < 1.29 is 10.0 Å². The molecule has 0 saturated heterocycles. The molecule has 8 heavy (non-hydrogen) atoms. The van der Waals surface area contributed by atoms with Gasteiger partial charge in [-0.3, -0.25) is 0 Å². The highest BCUT2D eigenvalue weighted by Gasteiger charge is 1.89. The molecule has 0 aromatic carbocycles. The smallest absolute Gasteiger partial charge is 0.129 e. The van der Waals surface area contributed by atoms with E-state index in [1.54, 1.807) is 0 Å². The third kappa shape index (κ3) is 5.59. The summed E-state index contributed by atoms with van der Waals surface area (Å²) in [6.07, 6.45) is 1.26. The van der Waals surface area contributed by atoms with Gasteiger partial charge in [0.15, 0.2) is 0 Å². The van der Waals surface area contributed by atoms with Crippen LogP contribution in [0.25, 0.3) is 0 Å². The molecule has 0 rings (SSSR count). The fourth-order valence-electron chi connectivity index (χ4n) is 0.416. The van der Waals surface area contributed by atoms with Crippen LogP contribution < -0.4 is 5.48 Å². The number of hydrogen-bond donors (Lipinski definition) is 2. The predicted octanol–water partition coefficient (Wildman–Crippen LogP) is 0.334. The van der Waals surface area contributed by atoms with Crippen LogP contribution in [0.4, 0.5) is 0 Å². The Balaban J connectivity index is 2.82. The summed E-state index contributed by atoms with van der Waals surface area (Å²) in [4.78, 5) is 10.2. The van der Waals surface area contributed by atoms with Gasteiger partial charge in [-0.25, -0.2) is 5.48 Å². The van der Waals surface area contributed by atoms with Crippen LogP contribution in [0.5, 0.6) is 0 Å². The fraction of sp³-hybridized carbons (Fsp3) is 0.800. The third-order valence-electron chi connectivity index (χ3n) is 0.817. The first kappa shape index (κ1) is 7.59. The van der Waals surface area contributed by atoms with Gasteiger partial charge in [0, 0.05) is 13.0 Å². The molecule has 2 N–H and O–H groups in total. The van der Waals surface area contributed by atoms with Gasteiger partial charge in [0.25, 0.3) is 0 Å². The fourth-order valence-corrected chi connectivity index (χ4v) is 0.416. The van der Waals surface area contributed by atoms with Gasteiger partial charge in [-0.1, -0.05) is 0 Å². The van der Waals surface area contributed by atoms with Gasteiger partial charge in [0.05, 0.1) is 0 Å². The molecular formula is C5H11NO2. The van der Waals surface area contributed by atoms with Crippen LogP contribution in [-0.2, 0) is 4.79 Å². The molecule has 3 heteroatoms. The van der Waals surface area contributed by atoms with Gasteiger partial charge in [-0.15, -0.1) is 0 Å². The maximum Gasteiger partial charge on any atom is 0.129 e. The maximum absolute atomic E-state index is 10.2. The number of ketones is 1. The number of carbonyl (C=O) groups is 1. The number of nitrogens with one attached hydrogen (secondary N) is 1. The summed E-state index contributed by atoms with van der Waals surface area (Å²) in [5.41, 5.74) is 1.97. The molecule has 48 valence electrons. The number of Topliss-reactive ketones (excluding diaryl/α,β-unsaturated/α-hetero) is 1. The Hall–Kier alpha value is -0.410. The molecule has 3 nitrogen and oxygen atoms in total. The summed E-state index contributed by atoms with van der Waals surface area (Å²) in [6.45, 7) is 2.04. The van der Waals surface area contributed by atoms with E-state index in [9.17, 15) is 4.79 Å². The van der Waals surface area contributed by atoms with E-state index in [-0.39, 0.29) is 5.78 Å². The van der Waals surface area contributed by atoms with E-state index in [1.165, 1.54) is 6.92 Å². The van der Waals surface area contributed by atoms with Crippen molar-refractivity contribution in [3.8, 4) is 0 Å². The first-order valence-corrected chi connectivity index (χ1v) is 2.63. The molecule has 0 aromatic rings. The van der Waals surface area contributed by atoms with Crippen LogP contribution in [0.3, 0.4) is 0 Å². The van der Waals surface area contributed by atoms with Crippen molar-refractivity contribution in [2.24, 2.45) is 0 Å². The highest BCUT2D eigenvalue weighted by atomic mass is 16.5. The zero-order valence-corrected chi connectivity index (χ0v) is 4.98. The standard InChI is InChI=1S/C5H11NO2/c1-5(7)3-2-4-6-8/h6,8H,2-4H2,1H3. The van der Waals surface area contributed by atoms with Crippen LogP contribution in [0, 0.1) is 0 Å². The number of hydrogen-bond acceptors (Lipinski definition) is 3. The van der Waals surface area contributed by atoms with E-state index in [2.05, 4.69) is 0 Å². The number of hydroxylamine groups is 1. The monoisotopic (exact) mass is 117 g/mol. The van der Waals surface area contributed by atoms with Crippen LogP contribution in [0.2, 0.25) is 0 Å². The molecule has 0 aliphatic heterocycles. The molecular weight excluding hydrogens is 106 g/mol. The molecule has 0 spiro atoms. The van der Waals surface area contributed by atoms with Gasteiger partial charge in [-0.05, 0) is 13.3 Å². The quantitative estimate of drug-likeness (QED) is 0.412. The average Bonchev–Trinajstić information content (AvgIpc) is 1.66. The van der Waals surface area contributed by atoms with Gasteiger partial charge in [0.1, 0.15) is 5.78 Å². The van der Waals surface area contributed by atoms with Crippen molar-refractivity contribution in [2.45, 2.75) is 19.8 Å². The summed E-state index contributed by atoms with van der Waals surface area (Å²) in [5, 5.41) is 8.02. The lowest BCUT2D eigenvalue weighted by Gasteiger charge is -1.92. The van der Waals surface area contributed by atoms with Crippen molar-refractivity contribution in [3.05, 3.63) is 0 Å². The van der Waals surface area contributed by atoms with Gasteiger partial charge < -0.3 is 10.0 Å². The molecule has 0 aliphatic carbocycles. The van der Waals surface area contributed by atoms with E-state index < -0.39 is 0 Å². The second-order valence-electron chi connectivity index (χ2n) is 1.71. The molecule has 0 atom stereocenters. The van der Waals surface area contributed by atoms with E-state index in [1.807, 2.05) is 5.48 Å². The van der Waals surface area contributed by atoms with Crippen molar-refractivity contribution in [1.29, 1.82) is 0 Å². The summed E-state index contributed by atoms with van der Waals surface area (Å²) in [6, 6.07) is 0. The minimum Gasteiger partial charge on any atom is -0.317 e. The third-order valence-corrected chi connectivity index (χ3v) is 0.817. The zero-order chi connectivity index (χ0) is 6.41. The van der Waals surface area contributed by atoms with Crippen LogP contribution in [0.15, 0.2) is 0 Å². The van der Waals surface area contributed by atoms with E-state index in [4.69, 9.17) is 5.21 Å². The Kier molecular flexibility index (Phi) is 4.50. The van der Waals surface area contributed by atoms with E-state index in [0.717, 1.165) is 0 Å². The largest absolute Gasteiger partial charge is 0.317 e. The van der Waals surface area contributed by atoms with Crippen LogP contribution in [-0.4, -0.2) is 17.5 Å². The Labute approximate surface area is 48.7 Å². The lowest BCUT2D eigenvalue weighted by molar-refractivity contribution is -0.117. The first-order valence-electron chi connectivity index (χ1n) is 2.63. The van der Waals surface area contributed by atoms with Crippen molar-refractivity contribution in [1.82, 2.24) is 5.48 Å². The summed E-state index contributed by atoms with van der Waals surface area (Å²) in [5.74, 6) is 0.167. The van der Waals surface area contributed by atoms with Crippen molar-refractivity contribution in [3.63, 3.8) is 0 Å². The van der Waals surface area contributed by atoms with Crippen molar-refractivity contribution >= 4 is 5.78 Å². The average molecular weight is 117 g/mol. The minimum atomic E-state index is 0.167. The topological polar surface area (TPSA) is 49.3 Å². The van der Waals surface area contributed by atoms with Crippen LogP contribution >= 0.6 is 0 Å². The lowest BCUT2D eigenvalue weighted by Crippen LogP contribution is -2.09. The maximum atomic E-state index is 10.2. The van der Waals surface area contributed by atoms with Crippen LogP contribution in [0.1, 0.15) is 19.8 Å². The van der Waals surface area contributed by atoms with E-state index >= 15 is 0 Å². The molecule has 0 bridgehead atoms. The first-order chi connectivity index (χ1) is 3.77. The Morgan fingerprint density at radius 2 is 2.38 bits per heavy atom. The Morgan fingerprint density at radius 1 is 1.75 bits per heavy atom. The lowest BCUT2D eigenvalue weighted by atomic mass is 10.2. The molecule has 0 radical (unpaired) electrons. The molecule has 0 aromatic heterocycles. The second kappa shape index (κ2) is 4.74. The predicted molar refractivity (Wildman–Crippen MR) is 29.7 cm³/mol. The highest BCUT2D eigenvalue weighted by Crippen LogP contribution is 1.85. The number of rotatable bonds is 4. The molecule has 0 unspecified atom stereocenters. The minimum absolute atomic E-state index is 0.167. The molecule has 0 amide bonds. The van der Waals surface area contributed by atoms with Gasteiger partial charge in [0.2, 0.25) is 0 Å². The SMILES string of the molecule is CC(=O)CCCNO. The second-order valence-corrected chi connectivity index (χ2v) is 1.71. The van der Waals surface area contributed by atoms with Crippen molar-refractivity contribution in [2.75, 3.05) is 6.54 Å². The summed E-state index contributed by atoms with van der Waals surface area (Å²) in [7, 11) is 0. The zero-order valence-electron chi connectivity index (χ0n) is 4.98. The molecule has 0 heterocycles. The molecule has 0 aliphatic rings.